The smallest absolute Gasteiger partial charge is 0.262 e. The highest BCUT2D eigenvalue weighted by Crippen LogP contribution is 2.36. The Labute approximate surface area is 199 Å². The molecule has 5 rings (SSSR count). The summed E-state index contributed by atoms with van der Waals surface area (Å²) in [5.41, 5.74) is 2.08. The quantitative estimate of drug-likeness (QED) is 0.711. The second-order valence-corrected chi connectivity index (χ2v) is 10.7. The fourth-order valence-electron chi connectivity index (χ4n) is 4.93. The van der Waals surface area contributed by atoms with Gasteiger partial charge in [-0.2, -0.15) is 4.31 Å². The average Bonchev–Trinajstić information content (AvgIpc) is 3.35. The lowest BCUT2D eigenvalue weighted by Gasteiger charge is -2.38. The third kappa shape index (κ3) is 4.12. The minimum Gasteiger partial charge on any atom is -0.482 e. The van der Waals surface area contributed by atoms with Crippen molar-refractivity contribution >= 4 is 33.2 Å². The highest BCUT2D eigenvalue weighted by molar-refractivity contribution is 7.89. The number of nitrogens with one attached hydrogen (secondary N) is 1. The van der Waals surface area contributed by atoms with E-state index in [2.05, 4.69) is 22.3 Å². The standard InChI is InChI=1S/C24H28N4O5S/c1-17-14-19-21(33-16-23(29)25-19)15-22(17)34(31,32)28-9-5-8-20(28)24(30)27-12-10-26(11-13-27)18-6-3-2-4-7-18/h2-4,6-7,14-15,20H,5,8-13,16H2,1H3,(H,25,29)/t20-/m1/s1. The molecule has 3 aliphatic heterocycles. The van der Waals surface area contributed by atoms with Gasteiger partial charge in [0.2, 0.25) is 15.9 Å². The van der Waals surface area contributed by atoms with Gasteiger partial charge in [0.05, 0.1) is 10.6 Å². The van der Waals surface area contributed by atoms with Gasteiger partial charge in [0, 0.05) is 44.5 Å². The van der Waals surface area contributed by atoms with Crippen molar-refractivity contribution in [2.24, 2.45) is 0 Å². The number of ether oxygens (including phenoxy) is 1. The molecule has 0 bridgehead atoms. The molecular formula is C24H28N4O5S. The van der Waals surface area contributed by atoms with Crippen molar-refractivity contribution < 1.29 is 22.7 Å². The molecule has 9 nitrogen and oxygen atoms in total. The molecule has 10 heteroatoms. The molecule has 0 aliphatic carbocycles. The fourth-order valence-corrected chi connectivity index (χ4v) is 6.80. The van der Waals surface area contributed by atoms with Gasteiger partial charge in [0.1, 0.15) is 11.8 Å². The molecule has 2 saturated heterocycles. The van der Waals surface area contributed by atoms with Gasteiger partial charge in [-0.3, -0.25) is 9.59 Å². The van der Waals surface area contributed by atoms with Gasteiger partial charge in [-0.1, -0.05) is 18.2 Å². The molecule has 2 amide bonds. The molecule has 1 atom stereocenters. The number of piperazine rings is 1. The Bertz CT molecular complexity index is 1210. The van der Waals surface area contributed by atoms with Crippen LogP contribution in [-0.4, -0.2) is 74.8 Å². The molecule has 0 spiro atoms. The summed E-state index contributed by atoms with van der Waals surface area (Å²) < 4.78 is 34.1. The second kappa shape index (κ2) is 8.92. The van der Waals surface area contributed by atoms with Crippen LogP contribution in [0.15, 0.2) is 47.4 Å². The zero-order chi connectivity index (χ0) is 23.9. The Kier molecular flexibility index (Phi) is 5.95. The number of carbonyl (C=O) groups excluding carboxylic acids is 2. The number of amides is 2. The second-order valence-electron chi connectivity index (χ2n) is 8.87. The van der Waals surface area contributed by atoms with E-state index in [-0.39, 0.29) is 23.3 Å². The number of fused-ring (bicyclic) bond motifs is 1. The summed E-state index contributed by atoms with van der Waals surface area (Å²) in [5, 5.41) is 2.70. The molecule has 2 aromatic rings. The van der Waals surface area contributed by atoms with Crippen LogP contribution >= 0.6 is 0 Å². The number of nitrogens with zero attached hydrogens (tertiary/aromatic N) is 3. The van der Waals surface area contributed by atoms with Crippen LogP contribution in [0.3, 0.4) is 0 Å². The van der Waals surface area contributed by atoms with Gasteiger partial charge < -0.3 is 19.9 Å². The van der Waals surface area contributed by atoms with Crippen LogP contribution in [0.2, 0.25) is 0 Å². The summed E-state index contributed by atoms with van der Waals surface area (Å²) in [4.78, 5) is 29.1. The maximum Gasteiger partial charge on any atom is 0.262 e. The fraction of sp³-hybridized carbons (Fsp3) is 0.417. The average molecular weight is 485 g/mol. The third-order valence-electron chi connectivity index (χ3n) is 6.70. The molecule has 180 valence electrons. The van der Waals surface area contributed by atoms with Gasteiger partial charge >= 0.3 is 0 Å². The van der Waals surface area contributed by atoms with Gasteiger partial charge in [-0.15, -0.1) is 0 Å². The molecule has 2 aromatic carbocycles. The number of aryl methyl sites for hydroxylation is 1. The van der Waals surface area contributed by atoms with Crippen molar-refractivity contribution in [2.75, 3.05) is 49.5 Å². The SMILES string of the molecule is Cc1cc2c(cc1S(=O)(=O)N1CCC[C@@H]1C(=O)N1CCN(c3ccccc3)CC1)OCC(=O)N2. The van der Waals surface area contributed by atoms with E-state index in [9.17, 15) is 18.0 Å². The first-order valence-corrected chi connectivity index (χ1v) is 13.0. The Morgan fingerprint density at radius 2 is 1.79 bits per heavy atom. The largest absolute Gasteiger partial charge is 0.482 e. The van der Waals surface area contributed by atoms with Gasteiger partial charge in [-0.05, 0) is 43.5 Å². The first-order valence-electron chi connectivity index (χ1n) is 11.5. The summed E-state index contributed by atoms with van der Waals surface area (Å²) >= 11 is 0. The number of para-hydroxylation sites is 1. The number of anilines is 2. The number of rotatable bonds is 4. The normalized spacial score (nSPS) is 21.1. The van der Waals surface area contributed by atoms with E-state index in [0.29, 0.717) is 62.6 Å². The van der Waals surface area contributed by atoms with Crippen molar-refractivity contribution in [1.82, 2.24) is 9.21 Å². The van der Waals surface area contributed by atoms with Gasteiger partial charge in [0.15, 0.2) is 6.61 Å². The molecule has 2 fully saturated rings. The Morgan fingerprint density at radius 3 is 2.53 bits per heavy atom. The number of benzene rings is 2. The van der Waals surface area contributed by atoms with Gasteiger partial charge in [0.25, 0.3) is 5.91 Å². The Balaban J connectivity index is 1.33. The molecule has 3 heterocycles. The number of hydrogen-bond acceptors (Lipinski definition) is 6. The van der Waals surface area contributed by atoms with E-state index < -0.39 is 16.1 Å². The summed E-state index contributed by atoms with van der Waals surface area (Å²) in [5.74, 6) is -0.0872. The molecule has 0 radical (unpaired) electrons. The summed E-state index contributed by atoms with van der Waals surface area (Å²) in [6.07, 6.45) is 1.14. The maximum atomic E-state index is 13.6. The zero-order valence-electron chi connectivity index (χ0n) is 19.1. The maximum absolute atomic E-state index is 13.6. The lowest BCUT2D eigenvalue weighted by molar-refractivity contribution is -0.134. The lowest BCUT2D eigenvalue weighted by atomic mass is 10.1. The Hall–Kier alpha value is -3.11. The molecule has 1 N–H and O–H groups in total. The van der Waals surface area contributed by atoms with Crippen molar-refractivity contribution in [3.8, 4) is 5.75 Å². The first-order chi connectivity index (χ1) is 16.3. The summed E-state index contributed by atoms with van der Waals surface area (Å²) in [7, 11) is -3.92. The van der Waals surface area contributed by atoms with Gasteiger partial charge in [-0.25, -0.2) is 8.42 Å². The lowest BCUT2D eigenvalue weighted by Crippen LogP contribution is -2.54. The van der Waals surface area contributed by atoms with Crippen molar-refractivity contribution in [2.45, 2.75) is 30.7 Å². The van der Waals surface area contributed by atoms with E-state index in [1.165, 1.54) is 10.4 Å². The highest BCUT2D eigenvalue weighted by Gasteiger charge is 2.42. The van der Waals surface area contributed by atoms with E-state index >= 15 is 0 Å². The summed E-state index contributed by atoms with van der Waals surface area (Å²) in [6.45, 7) is 4.37. The van der Waals surface area contributed by atoms with Crippen LogP contribution in [0, 0.1) is 6.92 Å². The van der Waals surface area contributed by atoms with Crippen LogP contribution in [0.5, 0.6) is 5.75 Å². The molecule has 0 saturated carbocycles. The predicted molar refractivity (Wildman–Crippen MR) is 127 cm³/mol. The summed E-state index contributed by atoms with van der Waals surface area (Å²) in [6, 6.07) is 12.4. The predicted octanol–water partition coefficient (Wildman–Crippen LogP) is 1.83. The molecule has 3 aliphatic rings. The zero-order valence-corrected chi connectivity index (χ0v) is 19.9. The minimum atomic E-state index is -3.92. The number of carbonyl (C=O) groups is 2. The van der Waals surface area contributed by atoms with E-state index in [0.717, 1.165) is 5.69 Å². The number of hydrogen-bond donors (Lipinski definition) is 1. The monoisotopic (exact) mass is 484 g/mol. The van der Waals surface area contributed by atoms with E-state index in [1.807, 2.05) is 18.2 Å². The van der Waals surface area contributed by atoms with Crippen LogP contribution in [0.4, 0.5) is 11.4 Å². The number of sulfonamides is 1. The molecule has 34 heavy (non-hydrogen) atoms. The topological polar surface area (TPSA) is 99.3 Å². The van der Waals surface area contributed by atoms with E-state index in [1.54, 1.807) is 17.9 Å². The van der Waals surface area contributed by atoms with E-state index in [4.69, 9.17) is 4.74 Å². The molecule has 0 unspecified atom stereocenters. The minimum absolute atomic E-state index is 0.107. The van der Waals surface area contributed by atoms with Crippen molar-refractivity contribution in [3.05, 3.63) is 48.0 Å². The molecular weight excluding hydrogens is 456 g/mol. The highest BCUT2D eigenvalue weighted by atomic mass is 32.2. The van der Waals surface area contributed by atoms with Crippen LogP contribution in [-0.2, 0) is 19.6 Å². The van der Waals surface area contributed by atoms with Crippen molar-refractivity contribution in [1.29, 1.82) is 0 Å². The third-order valence-corrected chi connectivity index (χ3v) is 8.75. The Morgan fingerprint density at radius 1 is 1.06 bits per heavy atom. The van der Waals surface area contributed by atoms with Crippen LogP contribution < -0.4 is 15.0 Å². The van der Waals surface area contributed by atoms with Crippen LogP contribution in [0.1, 0.15) is 18.4 Å². The first kappa shape index (κ1) is 22.7. The van der Waals surface area contributed by atoms with Crippen LogP contribution in [0.25, 0.3) is 0 Å². The van der Waals surface area contributed by atoms with Crippen molar-refractivity contribution in [3.63, 3.8) is 0 Å². The molecule has 0 aromatic heterocycles.